The summed E-state index contributed by atoms with van der Waals surface area (Å²) < 4.78 is 0. The maximum atomic E-state index is 12.8. The van der Waals surface area contributed by atoms with Crippen molar-refractivity contribution in [3.63, 3.8) is 0 Å². The van der Waals surface area contributed by atoms with Gasteiger partial charge in [-0.1, -0.05) is 55.1 Å². The summed E-state index contributed by atoms with van der Waals surface area (Å²) in [5.74, 6) is -1.44. The van der Waals surface area contributed by atoms with Crippen molar-refractivity contribution in [2.24, 2.45) is 5.92 Å². The Morgan fingerprint density at radius 1 is 0.943 bits per heavy atom. The third-order valence-electron chi connectivity index (χ3n) is 6.49. The largest absolute Gasteiger partial charge is 0.480 e. The van der Waals surface area contributed by atoms with E-state index < -0.39 is 23.9 Å². The SMILES string of the molecule is Cc1cccc(Cl)c1NC(=O)Nc1ccc2cc(C(=O)N[C@H](C(=O)O)C3CCCCC3)ccc2c1. The quantitative estimate of drug-likeness (QED) is 0.327. The van der Waals surface area contributed by atoms with Gasteiger partial charge in [0, 0.05) is 11.3 Å². The molecule has 8 heteroatoms. The van der Waals surface area contributed by atoms with Crippen molar-refractivity contribution < 1.29 is 19.5 Å². The van der Waals surface area contributed by atoms with E-state index in [-0.39, 0.29) is 5.92 Å². The van der Waals surface area contributed by atoms with Crippen molar-refractivity contribution >= 4 is 51.7 Å². The number of fused-ring (bicyclic) bond motifs is 1. The van der Waals surface area contributed by atoms with Crippen LogP contribution in [-0.2, 0) is 4.79 Å². The van der Waals surface area contributed by atoms with Crippen LogP contribution in [0.25, 0.3) is 10.8 Å². The molecule has 3 amide bonds. The predicted molar refractivity (Wildman–Crippen MR) is 138 cm³/mol. The van der Waals surface area contributed by atoms with Crippen LogP contribution in [0.2, 0.25) is 5.02 Å². The molecule has 7 nitrogen and oxygen atoms in total. The Kier molecular flexibility index (Phi) is 7.56. The fraction of sp³-hybridized carbons (Fsp3) is 0.296. The molecule has 1 aliphatic rings. The van der Waals surface area contributed by atoms with Crippen LogP contribution < -0.4 is 16.0 Å². The van der Waals surface area contributed by atoms with Gasteiger partial charge in [-0.15, -0.1) is 0 Å². The smallest absolute Gasteiger partial charge is 0.326 e. The van der Waals surface area contributed by atoms with Gasteiger partial charge in [0.25, 0.3) is 5.91 Å². The van der Waals surface area contributed by atoms with Crippen molar-refractivity contribution in [2.45, 2.75) is 45.1 Å². The molecule has 35 heavy (non-hydrogen) atoms. The zero-order chi connectivity index (χ0) is 24.9. The van der Waals surface area contributed by atoms with Gasteiger partial charge in [0.1, 0.15) is 6.04 Å². The number of hydrogen-bond acceptors (Lipinski definition) is 3. The number of amides is 3. The Hall–Kier alpha value is -3.58. The second kappa shape index (κ2) is 10.8. The number of aryl methyl sites for hydroxylation is 1. The fourth-order valence-electron chi connectivity index (χ4n) is 4.60. The first-order valence-corrected chi connectivity index (χ1v) is 12.1. The molecule has 4 rings (SSSR count). The van der Waals surface area contributed by atoms with Gasteiger partial charge < -0.3 is 21.1 Å². The van der Waals surface area contributed by atoms with Crippen molar-refractivity contribution in [2.75, 3.05) is 10.6 Å². The summed E-state index contributed by atoms with van der Waals surface area (Å²) in [6, 6.07) is 14.6. The van der Waals surface area contributed by atoms with E-state index in [0.29, 0.717) is 22.0 Å². The number of rotatable bonds is 6. The van der Waals surface area contributed by atoms with Gasteiger partial charge in [0.2, 0.25) is 0 Å². The van der Waals surface area contributed by atoms with E-state index in [4.69, 9.17) is 11.6 Å². The number of urea groups is 1. The average molecular weight is 494 g/mol. The van der Waals surface area contributed by atoms with Gasteiger partial charge in [-0.3, -0.25) is 4.79 Å². The van der Waals surface area contributed by atoms with Crippen LogP contribution in [0.3, 0.4) is 0 Å². The molecule has 0 unspecified atom stereocenters. The molecule has 0 aromatic heterocycles. The third kappa shape index (κ3) is 5.92. The molecule has 4 N–H and O–H groups in total. The van der Waals surface area contributed by atoms with Crippen LogP contribution in [0.1, 0.15) is 48.0 Å². The second-order valence-corrected chi connectivity index (χ2v) is 9.38. The Morgan fingerprint density at radius 2 is 1.66 bits per heavy atom. The molecule has 3 aromatic carbocycles. The monoisotopic (exact) mass is 493 g/mol. The number of anilines is 2. The number of para-hydroxylation sites is 1. The molecule has 0 bridgehead atoms. The number of benzene rings is 3. The lowest BCUT2D eigenvalue weighted by Gasteiger charge is -2.28. The molecule has 0 saturated heterocycles. The second-order valence-electron chi connectivity index (χ2n) is 8.98. The van der Waals surface area contributed by atoms with E-state index in [1.165, 1.54) is 0 Å². The highest BCUT2D eigenvalue weighted by atomic mass is 35.5. The van der Waals surface area contributed by atoms with Gasteiger partial charge in [-0.25, -0.2) is 9.59 Å². The molecular formula is C27H28ClN3O4. The van der Waals surface area contributed by atoms with Crippen LogP contribution in [0.4, 0.5) is 16.2 Å². The van der Waals surface area contributed by atoms with Crippen LogP contribution in [0.5, 0.6) is 0 Å². The van der Waals surface area contributed by atoms with E-state index >= 15 is 0 Å². The predicted octanol–water partition coefficient (Wildman–Crippen LogP) is 6.21. The summed E-state index contributed by atoms with van der Waals surface area (Å²) in [5, 5.41) is 20.0. The minimum Gasteiger partial charge on any atom is -0.480 e. The van der Waals surface area contributed by atoms with E-state index in [2.05, 4.69) is 16.0 Å². The number of carbonyl (C=O) groups excluding carboxylic acids is 2. The van der Waals surface area contributed by atoms with Crippen molar-refractivity contribution in [3.8, 4) is 0 Å². The highest BCUT2D eigenvalue weighted by Crippen LogP contribution is 2.28. The number of carbonyl (C=O) groups is 3. The number of nitrogens with one attached hydrogen (secondary N) is 3. The molecular weight excluding hydrogens is 466 g/mol. The lowest BCUT2D eigenvalue weighted by molar-refractivity contribution is -0.141. The first kappa shape index (κ1) is 24.5. The maximum absolute atomic E-state index is 12.8. The first-order valence-electron chi connectivity index (χ1n) is 11.7. The molecule has 1 aliphatic carbocycles. The molecule has 0 spiro atoms. The average Bonchev–Trinajstić information content (AvgIpc) is 2.84. The summed E-state index contributed by atoms with van der Waals surface area (Å²) in [7, 11) is 0. The lowest BCUT2D eigenvalue weighted by Crippen LogP contribution is -2.46. The number of carboxylic acid groups (broad SMARTS) is 1. The molecule has 1 fully saturated rings. The van der Waals surface area contributed by atoms with Crippen molar-refractivity contribution in [1.82, 2.24) is 5.32 Å². The Labute approximate surface area is 208 Å². The van der Waals surface area contributed by atoms with Crippen LogP contribution in [-0.4, -0.2) is 29.1 Å². The zero-order valence-electron chi connectivity index (χ0n) is 19.4. The highest BCUT2D eigenvalue weighted by molar-refractivity contribution is 6.34. The number of hydrogen-bond donors (Lipinski definition) is 4. The Morgan fingerprint density at radius 3 is 2.37 bits per heavy atom. The van der Waals surface area contributed by atoms with Gasteiger partial charge in [0.05, 0.1) is 10.7 Å². The van der Waals surface area contributed by atoms with E-state index in [0.717, 1.165) is 48.4 Å². The van der Waals surface area contributed by atoms with E-state index in [1.54, 1.807) is 42.5 Å². The van der Waals surface area contributed by atoms with Crippen molar-refractivity contribution in [3.05, 3.63) is 70.7 Å². The number of halogens is 1. The highest BCUT2D eigenvalue weighted by Gasteiger charge is 2.31. The number of carboxylic acids is 1. The zero-order valence-corrected chi connectivity index (χ0v) is 20.2. The molecule has 1 saturated carbocycles. The molecule has 0 aliphatic heterocycles. The fourth-order valence-corrected chi connectivity index (χ4v) is 4.87. The van der Waals surface area contributed by atoms with Gasteiger partial charge >= 0.3 is 12.0 Å². The Balaban J connectivity index is 1.45. The molecule has 182 valence electrons. The third-order valence-corrected chi connectivity index (χ3v) is 6.81. The van der Waals surface area contributed by atoms with Crippen LogP contribution in [0, 0.1) is 12.8 Å². The maximum Gasteiger partial charge on any atom is 0.326 e. The van der Waals surface area contributed by atoms with Crippen LogP contribution >= 0.6 is 11.6 Å². The first-order chi connectivity index (χ1) is 16.8. The van der Waals surface area contributed by atoms with Gasteiger partial charge in [-0.05, 0) is 72.4 Å². The molecule has 0 radical (unpaired) electrons. The number of aliphatic carboxylic acids is 1. The van der Waals surface area contributed by atoms with Crippen molar-refractivity contribution in [1.29, 1.82) is 0 Å². The Bertz CT molecular complexity index is 1250. The lowest BCUT2D eigenvalue weighted by atomic mass is 9.84. The summed E-state index contributed by atoms with van der Waals surface area (Å²) >= 11 is 6.18. The van der Waals surface area contributed by atoms with Gasteiger partial charge in [-0.2, -0.15) is 0 Å². The minimum absolute atomic E-state index is 0.0417. The van der Waals surface area contributed by atoms with E-state index in [9.17, 15) is 19.5 Å². The summed E-state index contributed by atoms with van der Waals surface area (Å²) in [6.45, 7) is 1.86. The topological polar surface area (TPSA) is 108 Å². The summed E-state index contributed by atoms with van der Waals surface area (Å²) in [4.78, 5) is 37.1. The van der Waals surface area contributed by atoms with E-state index in [1.807, 2.05) is 19.1 Å². The molecule has 1 atom stereocenters. The molecule has 3 aromatic rings. The summed E-state index contributed by atoms with van der Waals surface area (Å²) in [6.07, 6.45) is 4.72. The normalized spacial score (nSPS) is 14.8. The van der Waals surface area contributed by atoms with Gasteiger partial charge in [0.15, 0.2) is 0 Å². The minimum atomic E-state index is -0.994. The molecule has 0 heterocycles. The standard InChI is InChI=1S/C27H28ClN3O4/c1-16-6-5-9-22(28)23(16)31-27(35)29-21-13-12-18-14-20(11-10-19(18)15-21)25(32)30-24(26(33)34)17-7-3-2-4-8-17/h5-6,9-15,17,24H,2-4,7-8H2,1H3,(H,30,32)(H,33,34)(H2,29,31,35)/t24-/m0/s1. The van der Waals surface area contributed by atoms with Crippen LogP contribution in [0.15, 0.2) is 54.6 Å². The summed E-state index contributed by atoms with van der Waals surface area (Å²) in [5.41, 5.74) is 2.38.